The van der Waals surface area contributed by atoms with E-state index in [1.807, 2.05) is 27.7 Å². The number of rotatable bonds is 50. The molecule has 0 aliphatic carbocycles. The zero-order chi connectivity index (χ0) is 59.7. The van der Waals surface area contributed by atoms with Crippen LogP contribution in [0.25, 0.3) is 0 Å². The van der Waals surface area contributed by atoms with Crippen LogP contribution in [0.2, 0.25) is 0 Å². The fraction of sp³-hybridized carbons (Fsp3) is 0.729. The Morgan fingerprint density at radius 3 is 1.71 bits per heavy atom. The van der Waals surface area contributed by atoms with Gasteiger partial charge in [0.15, 0.2) is 0 Å². The van der Waals surface area contributed by atoms with Crippen LogP contribution in [0, 0.1) is 17.3 Å². The van der Waals surface area contributed by atoms with E-state index in [-0.39, 0.29) is 117 Å². The van der Waals surface area contributed by atoms with Gasteiger partial charge in [-0.2, -0.15) is 0 Å². The third kappa shape index (κ3) is 35.9. The first kappa shape index (κ1) is 72.4. The number of nitrogens with one attached hydrogen (secondary N) is 4. The van der Waals surface area contributed by atoms with Crippen molar-refractivity contribution in [1.29, 1.82) is 0 Å². The summed E-state index contributed by atoms with van der Waals surface area (Å²) in [6.45, 7) is 10.9. The molecule has 0 aliphatic rings. The Morgan fingerprint density at radius 2 is 1.12 bits per heavy atom. The molecule has 21 nitrogen and oxygen atoms in total. The van der Waals surface area contributed by atoms with Crippen LogP contribution in [0.5, 0.6) is 5.75 Å². The van der Waals surface area contributed by atoms with E-state index in [9.17, 15) is 53.1 Å². The minimum absolute atomic E-state index is 0.00409. The molecule has 0 unspecified atom stereocenters. The summed E-state index contributed by atoms with van der Waals surface area (Å²) in [5.41, 5.74) is 11.5. The topological polar surface area (TPSA) is 339 Å². The number of aliphatic carboxylic acids is 1. The number of aromatic carboxylic acids is 1. The number of unbranched alkanes of at least 4 members (excludes halogenated alkanes) is 9. The molecule has 0 fully saturated rings. The van der Waals surface area contributed by atoms with Crippen molar-refractivity contribution in [2.24, 2.45) is 28.7 Å². The van der Waals surface area contributed by atoms with E-state index in [1.54, 1.807) is 12.1 Å². The fourth-order valence-corrected chi connectivity index (χ4v) is 8.43. The normalized spacial score (nSPS) is 13.2. The molecule has 4 amide bonds. The molecule has 0 bridgehead atoms. The minimum atomic E-state index is -1.19. The number of carboxylic acid groups (broad SMARTS) is 2. The van der Waals surface area contributed by atoms with Crippen LogP contribution in [0.4, 0.5) is 0 Å². The number of amides is 4. The second-order valence-electron chi connectivity index (χ2n) is 21.8. The van der Waals surface area contributed by atoms with E-state index < -0.39 is 47.3 Å². The van der Waals surface area contributed by atoms with Crippen molar-refractivity contribution in [2.45, 2.75) is 207 Å². The Labute approximate surface area is 474 Å². The van der Waals surface area contributed by atoms with Gasteiger partial charge in [-0.3, -0.25) is 38.4 Å². The molecular formula is C59H98N6O15. The summed E-state index contributed by atoms with van der Waals surface area (Å²) in [6.07, 6.45) is 12.8. The van der Waals surface area contributed by atoms with Crippen molar-refractivity contribution in [2.75, 3.05) is 52.7 Å². The van der Waals surface area contributed by atoms with Gasteiger partial charge in [0.1, 0.15) is 41.5 Å². The highest BCUT2D eigenvalue weighted by Crippen LogP contribution is 2.27. The van der Waals surface area contributed by atoms with Crippen molar-refractivity contribution in [3.63, 3.8) is 0 Å². The van der Waals surface area contributed by atoms with Gasteiger partial charge in [-0.1, -0.05) is 72.6 Å². The number of ketones is 4. The lowest BCUT2D eigenvalue weighted by Gasteiger charge is -2.23. The maximum atomic E-state index is 13.6. The Bertz CT molecular complexity index is 2030. The number of benzene rings is 1. The van der Waals surface area contributed by atoms with Gasteiger partial charge in [-0.25, -0.2) is 9.59 Å². The zero-order valence-corrected chi connectivity index (χ0v) is 48.7. The average Bonchev–Trinajstić information content (AvgIpc) is 3.41. The number of hydrogen-bond acceptors (Lipinski definition) is 15. The molecule has 0 heterocycles. The molecule has 0 spiro atoms. The largest absolute Gasteiger partial charge is 0.494 e. The van der Waals surface area contributed by atoms with Gasteiger partial charge in [0, 0.05) is 75.6 Å². The van der Waals surface area contributed by atoms with Crippen LogP contribution in [-0.2, 0) is 52.6 Å². The predicted octanol–water partition coefficient (Wildman–Crippen LogP) is 6.33. The number of ether oxygens (including phenoxy) is 3. The first-order valence-corrected chi connectivity index (χ1v) is 29.1. The lowest BCUT2D eigenvalue weighted by atomic mass is 9.79. The molecule has 80 heavy (non-hydrogen) atoms. The lowest BCUT2D eigenvalue weighted by molar-refractivity contribution is -0.142. The molecule has 21 heteroatoms. The van der Waals surface area contributed by atoms with Crippen molar-refractivity contribution in [3.8, 4) is 5.75 Å². The third-order valence-electron chi connectivity index (χ3n) is 13.8. The minimum Gasteiger partial charge on any atom is -0.494 e. The predicted molar refractivity (Wildman–Crippen MR) is 304 cm³/mol. The summed E-state index contributed by atoms with van der Waals surface area (Å²) >= 11 is 0. The van der Waals surface area contributed by atoms with E-state index in [2.05, 4.69) is 21.3 Å². The molecule has 1 rings (SSSR count). The number of carbonyl (C=O) groups is 10. The van der Waals surface area contributed by atoms with Crippen LogP contribution in [0.1, 0.15) is 199 Å². The smallest absolute Gasteiger partial charge is 0.335 e. The monoisotopic (exact) mass is 1130 g/mol. The van der Waals surface area contributed by atoms with E-state index in [1.165, 1.54) is 19.1 Å². The number of nitrogens with two attached hydrogens (primary N) is 2. The van der Waals surface area contributed by atoms with E-state index >= 15 is 0 Å². The van der Waals surface area contributed by atoms with Crippen molar-refractivity contribution in [3.05, 3.63) is 29.8 Å². The first-order valence-electron chi connectivity index (χ1n) is 29.1. The third-order valence-corrected chi connectivity index (χ3v) is 13.8. The lowest BCUT2D eigenvalue weighted by Crippen LogP contribution is -2.41. The zero-order valence-electron chi connectivity index (χ0n) is 48.7. The summed E-state index contributed by atoms with van der Waals surface area (Å²) in [4.78, 5) is 123. The number of carboxylic acids is 2. The SMILES string of the molecule is CC[C@H](N)C(=O)NCCCC[C@H](CC(=O)[C@H](CCCCNC(=O)[C@@H](N)CCCCNC(=O)COCCOCCCC(=O)CC[C@H](NC(=O)CCCCCCCCCOc1ccc(C(=O)O)cc1)C(=O)O)CC(=O)C(C)(C)C)C(C)=O. The Morgan fingerprint density at radius 1 is 0.562 bits per heavy atom. The van der Waals surface area contributed by atoms with Crippen molar-refractivity contribution >= 4 is 58.7 Å². The van der Waals surface area contributed by atoms with Crippen molar-refractivity contribution in [1.82, 2.24) is 21.3 Å². The summed E-state index contributed by atoms with van der Waals surface area (Å²) in [6, 6.07) is 3.85. The molecule has 0 radical (unpaired) electrons. The molecule has 1 aromatic carbocycles. The molecular weight excluding hydrogens is 1030 g/mol. The molecule has 0 saturated heterocycles. The second kappa shape index (κ2) is 43.1. The molecule has 0 aliphatic heterocycles. The Balaban J connectivity index is 2.16. The Hall–Kier alpha value is -5.64. The molecule has 10 N–H and O–H groups in total. The van der Waals surface area contributed by atoms with Gasteiger partial charge >= 0.3 is 11.9 Å². The van der Waals surface area contributed by atoms with Gasteiger partial charge in [0.25, 0.3) is 0 Å². The van der Waals surface area contributed by atoms with Gasteiger partial charge in [-0.05, 0) is 108 Å². The molecule has 0 aromatic heterocycles. The van der Waals surface area contributed by atoms with Gasteiger partial charge < -0.3 is 57.2 Å². The van der Waals surface area contributed by atoms with E-state index in [0.717, 1.165) is 38.5 Å². The van der Waals surface area contributed by atoms with Crippen LogP contribution in [-0.4, -0.2) is 140 Å². The average molecular weight is 1130 g/mol. The van der Waals surface area contributed by atoms with Gasteiger partial charge in [0.05, 0.1) is 37.5 Å². The highest BCUT2D eigenvalue weighted by Gasteiger charge is 2.30. The molecule has 1 aromatic rings. The van der Waals surface area contributed by atoms with E-state index in [4.69, 9.17) is 30.8 Å². The van der Waals surface area contributed by atoms with Gasteiger partial charge in [-0.15, -0.1) is 0 Å². The van der Waals surface area contributed by atoms with Crippen LogP contribution < -0.4 is 37.5 Å². The fourth-order valence-electron chi connectivity index (χ4n) is 8.43. The highest BCUT2D eigenvalue weighted by molar-refractivity contribution is 5.93. The molecule has 5 atom stereocenters. The standard InChI is InChI=1S/C59H98N6O15/c1-6-48(60)55(72)63-33-16-13-21-44(42(2)66)39-51(68)45(40-52(69)59(3,4)5)22-14-17-34-64-56(73)49(61)24-15-18-32-62-54(71)41-79-38-37-78-35-20-23-46(67)28-31-50(58(76)77)65-53(70)25-12-10-8-7-9-11-19-36-80-47-29-26-43(27-30-47)57(74)75/h26-27,29-30,44-45,48-50H,6-25,28,31-41,60-61H2,1-5H3,(H,62,71)(H,63,72)(H,64,73)(H,65,70)(H,74,75)(H,76,77)/t44-,45-,48+,49+,50+/m1/s1. The number of Topliss-reactive ketones (excluding diaryl/α,β-unsaturated/α-hetero) is 4. The maximum Gasteiger partial charge on any atom is 0.335 e. The maximum absolute atomic E-state index is 13.6. The summed E-state index contributed by atoms with van der Waals surface area (Å²) in [5, 5.41) is 29.5. The number of hydrogen-bond donors (Lipinski definition) is 8. The quantitative estimate of drug-likeness (QED) is 0.0331. The van der Waals surface area contributed by atoms with E-state index in [0.29, 0.717) is 109 Å². The highest BCUT2D eigenvalue weighted by atomic mass is 16.5. The summed E-state index contributed by atoms with van der Waals surface area (Å²) in [5.74, 6) is -4.10. The summed E-state index contributed by atoms with van der Waals surface area (Å²) < 4.78 is 16.5. The second-order valence-corrected chi connectivity index (χ2v) is 21.8. The first-order chi connectivity index (χ1) is 38.0. The molecule has 0 saturated carbocycles. The summed E-state index contributed by atoms with van der Waals surface area (Å²) in [7, 11) is 0. The van der Waals surface area contributed by atoms with Gasteiger partial charge in [0.2, 0.25) is 23.6 Å². The van der Waals surface area contributed by atoms with Crippen LogP contribution in [0.3, 0.4) is 0 Å². The van der Waals surface area contributed by atoms with Crippen LogP contribution >= 0.6 is 0 Å². The van der Waals surface area contributed by atoms with Crippen LogP contribution in [0.15, 0.2) is 24.3 Å². The van der Waals surface area contributed by atoms with Crippen molar-refractivity contribution < 1.29 is 72.4 Å². The Kier molecular flexibility index (Phi) is 39.0. The molecule has 454 valence electrons. The number of carbonyl (C=O) groups excluding carboxylic acids is 8.